The van der Waals surface area contributed by atoms with Crippen LogP contribution in [0.1, 0.15) is 5.56 Å². The third kappa shape index (κ3) is 2.50. The first-order valence-corrected chi connectivity index (χ1v) is 6.28. The number of nitrogens with zero attached hydrogens (tertiary/aromatic N) is 5. The van der Waals surface area contributed by atoms with Crippen molar-refractivity contribution in [3.63, 3.8) is 0 Å². The molecule has 2 heterocycles. The van der Waals surface area contributed by atoms with E-state index in [0.29, 0.717) is 28.2 Å². The summed E-state index contributed by atoms with van der Waals surface area (Å²) in [4.78, 5) is 5.57. The zero-order chi connectivity index (χ0) is 14.8. The molecule has 0 aliphatic heterocycles. The lowest BCUT2D eigenvalue weighted by Gasteiger charge is -2.08. The van der Waals surface area contributed by atoms with Gasteiger partial charge in [0.05, 0.1) is 13.7 Å². The van der Waals surface area contributed by atoms with Gasteiger partial charge in [0.15, 0.2) is 0 Å². The smallest absolute Gasteiger partial charge is 0.223 e. The number of tetrazole rings is 1. The van der Waals surface area contributed by atoms with E-state index in [1.165, 1.54) is 17.1 Å². The highest BCUT2D eigenvalue weighted by Crippen LogP contribution is 2.27. The number of aliphatic hydroxyl groups excluding tert-OH is 1. The van der Waals surface area contributed by atoms with Crippen molar-refractivity contribution < 1.29 is 9.50 Å². The van der Waals surface area contributed by atoms with E-state index in [0.717, 1.165) is 0 Å². The fourth-order valence-corrected chi connectivity index (χ4v) is 2.08. The van der Waals surface area contributed by atoms with Crippen LogP contribution in [0.4, 0.5) is 4.39 Å². The Bertz CT molecular complexity index is 769. The number of aliphatic hydroxyl groups is 1. The van der Waals surface area contributed by atoms with Crippen molar-refractivity contribution in [2.45, 2.75) is 6.61 Å². The molecule has 0 bridgehead atoms. The maximum Gasteiger partial charge on any atom is 0.223 e. The Morgan fingerprint density at radius 3 is 2.71 bits per heavy atom. The Labute approximate surface area is 119 Å². The Hall–Kier alpha value is -2.67. The number of rotatable bonds is 3. The minimum Gasteiger partial charge on any atom is -0.392 e. The largest absolute Gasteiger partial charge is 0.392 e. The zero-order valence-corrected chi connectivity index (χ0v) is 11.2. The summed E-state index contributed by atoms with van der Waals surface area (Å²) in [5.41, 5.74) is 2.01. The molecular formula is C14H12FN5O. The summed E-state index contributed by atoms with van der Waals surface area (Å²) >= 11 is 0. The number of hydrogen-bond donors (Lipinski definition) is 1. The van der Waals surface area contributed by atoms with E-state index in [9.17, 15) is 9.50 Å². The maximum absolute atomic E-state index is 14.0. The molecule has 1 aromatic carbocycles. The van der Waals surface area contributed by atoms with Gasteiger partial charge in [-0.15, -0.1) is 10.2 Å². The standard InChI is InChI=1S/C14H12FN5O/c1-20-18-14(17-19-20)12-6-5-9(7-16-12)13-10(8-21)3-2-4-11(13)15/h2-7,21H,8H2,1H3. The molecule has 0 radical (unpaired) electrons. The van der Waals surface area contributed by atoms with E-state index in [4.69, 9.17) is 0 Å². The first-order valence-electron chi connectivity index (χ1n) is 6.28. The first kappa shape index (κ1) is 13.3. The third-order valence-corrected chi connectivity index (χ3v) is 3.06. The molecule has 2 aromatic heterocycles. The molecule has 7 heteroatoms. The molecule has 0 saturated heterocycles. The summed E-state index contributed by atoms with van der Waals surface area (Å²) in [6, 6.07) is 8.01. The van der Waals surface area contributed by atoms with Gasteiger partial charge in [-0.3, -0.25) is 4.98 Å². The van der Waals surface area contributed by atoms with Crippen molar-refractivity contribution in [1.29, 1.82) is 0 Å². The van der Waals surface area contributed by atoms with E-state index in [2.05, 4.69) is 20.4 Å². The van der Waals surface area contributed by atoms with Crippen molar-refractivity contribution in [3.8, 4) is 22.6 Å². The van der Waals surface area contributed by atoms with Gasteiger partial charge in [0.25, 0.3) is 0 Å². The molecule has 1 N–H and O–H groups in total. The molecular weight excluding hydrogens is 273 g/mol. The molecule has 0 saturated carbocycles. The van der Waals surface area contributed by atoms with Gasteiger partial charge in [-0.25, -0.2) is 4.39 Å². The summed E-state index contributed by atoms with van der Waals surface area (Å²) in [7, 11) is 1.66. The molecule has 0 aliphatic carbocycles. The van der Waals surface area contributed by atoms with Gasteiger partial charge in [0.1, 0.15) is 11.5 Å². The van der Waals surface area contributed by atoms with Gasteiger partial charge in [0.2, 0.25) is 5.82 Å². The van der Waals surface area contributed by atoms with Crippen LogP contribution in [0.25, 0.3) is 22.6 Å². The minimum absolute atomic E-state index is 0.236. The third-order valence-electron chi connectivity index (χ3n) is 3.06. The summed E-state index contributed by atoms with van der Waals surface area (Å²) in [5, 5.41) is 21.0. The molecule has 0 spiro atoms. The van der Waals surface area contributed by atoms with Crippen molar-refractivity contribution in [2.75, 3.05) is 0 Å². The number of pyridine rings is 1. The van der Waals surface area contributed by atoms with Gasteiger partial charge in [-0.05, 0) is 22.9 Å². The Balaban J connectivity index is 2.02. The quantitative estimate of drug-likeness (QED) is 0.790. The summed E-state index contributed by atoms with van der Waals surface area (Å²) < 4.78 is 14.0. The van der Waals surface area contributed by atoms with Gasteiger partial charge < -0.3 is 5.11 Å². The number of aryl methyl sites for hydroxylation is 1. The van der Waals surface area contributed by atoms with Gasteiger partial charge in [0, 0.05) is 17.3 Å². The second kappa shape index (κ2) is 5.37. The van der Waals surface area contributed by atoms with E-state index in [1.54, 1.807) is 31.3 Å². The van der Waals surface area contributed by atoms with Crippen LogP contribution in [-0.4, -0.2) is 30.3 Å². The number of hydrogen-bond acceptors (Lipinski definition) is 5. The molecule has 0 amide bonds. The van der Waals surface area contributed by atoms with Gasteiger partial charge in [-0.1, -0.05) is 18.2 Å². The summed E-state index contributed by atoms with van der Waals surface area (Å²) in [5.74, 6) is 0.00805. The summed E-state index contributed by atoms with van der Waals surface area (Å²) in [6.07, 6.45) is 1.53. The zero-order valence-electron chi connectivity index (χ0n) is 11.2. The predicted molar refractivity (Wildman–Crippen MR) is 73.3 cm³/mol. The second-order valence-electron chi connectivity index (χ2n) is 4.47. The van der Waals surface area contributed by atoms with Crippen LogP contribution in [0.3, 0.4) is 0 Å². The van der Waals surface area contributed by atoms with Crippen LogP contribution >= 0.6 is 0 Å². The lowest BCUT2D eigenvalue weighted by atomic mass is 10.0. The molecule has 21 heavy (non-hydrogen) atoms. The van der Waals surface area contributed by atoms with Crippen molar-refractivity contribution >= 4 is 0 Å². The number of halogens is 1. The van der Waals surface area contributed by atoms with Crippen molar-refractivity contribution in [1.82, 2.24) is 25.2 Å². The van der Waals surface area contributed by atoms with Crippen LogP contribution in [0.2, 0.25) is 0 Å². The normalized spacial score (nSPS) is 10.8. The highest BCUT2D eigenvalue weighted by Gasteiger charge is 2.12. The fraction of sp³-hybridized carbons (Fsp3) is 0.143. The highest BCUT2D eigenvalue weighted by molar-refractivity contribution is 5.68. The molecule has 0 unspecified atom stereocenters. The Morgan fingerprint density at radius 1 is 1.24 bits per heavy atom. The second-order valence-corrected chi connectivity index (χ2v) is 4.47. The van der Waals surface area contributed by atoms with Crippen LogP contribution in [0, 0.1) is 5.82 Å². The molecule has 0 fully saturated rings. The Morgan fingerprint density at radius 2 is 2.10 bits per heavy atom. The van der Waals surface area contributed by atoms with Crippen molar-refractivity contribution in [2.24, 2.45) is 7.05 Å². The molecule has 0 aliphatic rings. The number of benzene rings is 1. The van der Waals surface area contributed by atoms with Crippen LogP contribution in [0.15, 0.2) is 36.5 Å². The molecule has 106 valence electrons. The predicted octanol–water partition coefficient (Wildman–Crippen LogP) is 1.57. The van der Waals surface area contributed by atoms with E-state index in [-0.39, 0.29) is 6.61 Å². The van der Waals surface area contributed by atoms with Gasteiger partial charge >= 0.3 is 0 Å². The monoisotopic (exact) mass is 285 g/mol. The van der Waals surface area contributed by atoms with E-state index < -0.39 is 5.82 Å². The molecule has 3 aromatic rings. The maximum atomic E-state index is 14.0. The topological polar surface area (TPSA) is 76.7 Å². The van der Waals surface area contributed by atoms with E-state index in [1.807, 2.05) is 0 Å². The van der Waals surface area contributed by atoms with Crippen LogP contribution < -0.4 is 0 Å². The lowest BCUT2D eigenvalue weighted by molar-refractivity contribution is 0.282. The fourth-order valence-electron chi connectivity index (χ4n) is 2.08. The minimum atomic E-state index is -0.395. The van der Waals surface area contributed by atoms with Crippen LogP contribution in [-0.2, 0) is 13.7 Å². The van der Waals surface area contributed by atoms with E-state index >= 15 is 0 Å². The Kier molecular flexibility index (Phi) is 3.41. The first-order chi connectivity index (χ1) is 10.2. The number of aromatic nitrogens is 5. The highest BCUT2D eigenvalue weighted by atomic mass is 19.1. The SMILES string of the molecule is Cn1nnc(-c2ccc(-c3c(F)cccc3CO)cn2)n1. The summed E-state index contributed by atoms with van der Waals surface area (Å²) in [6.45, 7) is -0.236. The lowest BCUT2D eigenvalue weighted by Crippen LogP contribution is -1.95. The average Bonchev–Trinajstić information content (AvgIpc) is 2.94. The average molecular weight is 285 g/mol. The van der Waals surface area contributed by atoms with Crippen molar-refractivity contribution in [3.05, 3.63) is 47.9 Å². The van der Waals surface area contributed by atoms with Crippen LogP contribution in [0.5, 0.6) is 0 Å². The molecule has 6 nitrogen and oxygen atoms in total. The van der Waals surface area contributed by atoms with Gasteiger partial charge in [-0.2, -0.15) is 4.80 Å². The molecule has 3 rings (SSSR count). The molecule has 0 atom stereocenters.